The Hall–Kier alpha value is -1.11. The second kappa shape index (κ2) is 8.83. The highest BCUT2D eigenvalue weighted by Gasteiger charge is 2.16. The molecule has 2 unspecified atom stereocenters. The van der Waals surface area contributed by atoms with Crippen LogP contribution < -0.4 is 0 Å². The molecule has 0 amide bonds. The molecular weight excluding hydrogens is 434 g/mol. The molecule has 0 bridgehead atoms. The zero-order chi connectivity index (χ0) is 17.7. The van der Waals surface area contributed by atoms with Crippen LogP contribution in [0.3, 0.4) is 0 Å². The van der Waals surface area contributed by atoms with Gasteiger partial charge in [0.25, 0.3) is 0 Å². The van der Waals surface area contributed by atoms with Crippen molar-refractivity contribution < 1.29 is 8.42 Å². The summed E-state index contributed by atoms with van der Waals surface area (Å²) >= 11 is 9.35. The standard InChI is InChI=1S/C15H13BrClN3O2S2/c1-20(6-7-23(21)15-5-3-12(16)10-19-15)24(22)14-4-2-11(9-18)8-13(14)17/h2-5,8,10H,6-7H2,1H3. The average Bonchev–Trinajstić information content (AvgIpc) is 2.59. The normalized spacial score (nSPS) is 13.5. The fourth-order valence-corrected chi connectivity index (χ4v) is 4.55. The summed E-state index contributed by atoms with van der Waals surface area (Å²) in [7, 11) is -1.11. The first kappa shape index (κ1) is 19.2. The fraction of sp³-hybridized carbons (Fsp3) is 0.200. The molecular formula is C15H13BrClN3O2S2. The molecule has 1 aromatic carbocycles. The van der Waals surface area contributed by atoms with Crippen molar-refractivity contribution >= 4 is 49.3 Å². The maximum Gasteiger partial charge on any atom is 0.128 e. The van der Waals surface area contributed by atoms with Crippen LogP contribution in [0.5, 0.6) is 0 Å². The van der Waals surface area contributed by atoms with Crippen LogP contribution in [0.4, 0.5) is 0 Å². The van der Waals surface area contributed by atoms with Gasteiger partial charge in [-0.25, -0.2) is 13.5 Å². The summed E-state index contributed by atoms with van der Waals surface area (Å²) in [6.45, 7) is 0.341. The Morgan fingerprint density at radius 2 is 2.08 bits per heavy atom. The Bertz CT molecular complexity index is 824. The Morgan fingerprint density at radius 3 is 2.67 bits per heavy atom. The molecule has 2 rings (SSSR count). The van der Waals surface area contributed by atoms with Crippen LogP contribution in [0, 0.1) is 11.3 Å². The first-order chi connectivity index (χ1) is 11.4. The van der Waals surface area contributed by atoms with Crippen LogP contribution in [0.15, 0.2) is 50.9 Å². The minimum Gasteiger partial charge on any atom is -0.253 e. The highest BCUT2D eigenvalue weighted by atomic mass is 79.9. The number of rotatable bonds is 6. The van der Waals surface area contributed by atoms with Crippen molar-refractivity contribution in [3.63, 3.8) is 0 Å². The molecule has 0 aliphatic rings. The Balaban J connectivity index is 2.00. The summed E-state index contributed by atoms with van der Waals surface area (Å²) < 4.78 is 27.1. The third kappa shape index (κ3) is 4.94. The van der Waals surface area contributed by atoms with E-state index in [1.54, 1.807) is 41.8 Å². The predicted octanol–water partition coefficient (Wildman–Crippen LogP) is 3.13. The van der Waals surface area contributed by atoms with Crippen LogP contribution in [0.25, 0.3) is 0 Å². The SMILES string of the molecule is CN(CCS(=O)c1ccc(Br)cn1)S(=O)c1ccc(C#N)cc1Cl. The van der Waals surface area contributed by atoms with E-state index >= 15 is 0 Å². The van der Waals surface area contributed by atoms with E-state index in [-0.39, 0.29) is 5.02 Å². The molecule has 0 saturated carbocycles. The molecule has 0 radical (unpaired) electrons. The van der Waals surface area contributed by atoms with Crippen molar-refractivity contribution in [1.82, 2.24) is 9.29 Å². The smallest absolute Gasteiger partial charge is 0.128 e. The molecule has 1 aromatic heterocycles. The van der Waals surface area contributed by atoms with Crippen molar-refractivity contribution in [3.8, 4) is 6.07 Å². The van der Waals surface area contributed by atoms with E-state index in [4.69, 9.17) is 16.9 Å². The summed E-state index contributed by atoms with van der Waals surface area (Å²) in [6, 6.07) is 10.1. The van der Waals surface area contributed by atoms with E-state index in [0.29, 0.717) is 27.8 Å². The molecule has 2 aromatic rings. The highest BCUT2D eigenvalue weighted by molar-refractivity contribution is 9.10. The molecule has 2 atom stereocenters. The zero-order valence-corrected chi connectivity index (χ0v) is 16.6. The molecule has 9 heteroatoms. The number of benzene rings is 1. The van der Waals surface area contributed by atoms with Gasteiger partial charge in [-0.1, -0.05) is 11.6 Å². The van der Waals surface area contributed by atoms with Crippen molar-refractivity contribution in [3.05, 3.63) is 51.6 Å². The van der Waals surface area contributed by atoms with Gasteiger partial charge in [0, 0.05) is 30.0 Å². The van der Waals surface area contributed by atoms with Gasteiger partial charge in [0.15, 0.2) is 0 Å². The Labute approximate surface area is 158 Å². The largest absolute Gasteiger partial charge is 0.253 e. The lowest BCUT2D eigenvalue weighted by Crippen LogP contribution is -2.26. The fourth-order valence-electron chi connectivity index (χ4n) is 1.78. The zero-order valence-electron chi connectivity index (χ0n) is 12.6. The number of nitriles is 1. The van der Waals surface area contributed by atoms with Crippen LogP contribution >= 0.6 is 27.5 Å². The minimum atomic E-state index is -1.50. The second-order valence-electron chi connectivity index (χ2n) is 4.72. The van der Waals surface area contributed by atoms with Crippen LogP contribution in [0.1, 0.15) is 5.56 Å². The number of pyridine rings is 1. The van der Waals surface area contributed by atoms with Gasteiger partial charge in [0.1, 0.15) is 16.0 Å². The van der Waals surface area contributed by atoms with Crippen LogP contribution in [-0.4, -0.2) is 37.1 Å². The number of nitrogens with zero attached hydrogens (tertiary/aromatic N) is 3. The Morgan fingerprint density at radius 1 is 1.33 bits per heavy atom. The number of hydrogen-bond donors (Lipinski definition) is 0. The van der Waals surface area contributed by atoms with Crippen LogP contribution in [-0.2, 0) is 21.8 Å². The number of hydrogen-bond acceptors (Lipinski definition) is 4. The van der Waals surface area contributed by atoms with E-state index in [2.05, 4.69) is 20.9 Å². The van der Waals surface area contributed by atoms with E-state index in [9.17, 15) is 8.42 Å². The van der Waals surface area contributed by atoms with Crippen molar-refractivity contribution in [2.75, 3.05) is 19.3 Å². The maximum atomic E-state index is 12.5. The van der Waals surface area contributed by atoms with Crippen molar-refractivity contribution in [2.45, 2.75) is 9.92 Å². The third-order valence-electron chi connectivity index (χ3n) is 3.06. The average molecular weight is 447 g/mol. The first-order valence-electron chi connectivity index (χ1n) is 6.75. The van der Waals surface area contributed by atoms with E-state index in [0.717, 1.165) is 4.47 Å². The van der Waals surface area contributed by atoms with Gasteiger partial charge in [-0.2, -0.15) is 5.26 Å². The summed E-state index contributed by atoms with van der Waals surface area (Å²) in [5.41, 5.74) is 0.408. The highest BCUT2D eigenvalue weighted by Crippen LogP contribution is 2.22. The maximum absolute atomic E-state index is 12.5. The number of halogens is 2. The molecule has 0 spiro atoms. The lowest BCUT2D eigenvalue weighted by Gasteiger charge is -2.16. The lowest BCUT2D eigenvalue weighted by molar-refractivity contribution is 0.548. The second-order valence-corrected chi connectivity index (χ2v) is 9.12. The molecule has 0 aliphatic carbocycles. The molecule has 0 N–H and O–H groups in total. The quantitative estimate of drug-likeness (QED) is 0.683. The molecule has 24 heavy (non-hydrogen) atoms. The Kier molecular flexibility index (Phi) is 7.07. The van der Waals surface area contributed by atoms with Gasteiger partial charge >= 0.3 is 0 Å². The topological polar surface area (TPSA) is 74.1 Å². The molecule has 0 fully saturated rings. The monoisotopic (exact) mass is 445 g/mol. The summed E-state index contributed by atoms with van der Waals surface area (Å²) in [5, 5.41) is 9.59. The van der Waals surface area contributed by atoms with Crippen molar-refractivity contribution in [2.24, 2.45) is 0 Å². The summed E-state index contributed by atoms with van der Waals surface area (Å²) in [5.74, 6) is 0.296. The molecule has 5 nitrogen and oxygen atoms in total. The summed E-state index contributed by atoms with van der Waals surface area (Å²) in [6.07, 6.45) is 1.59. The van der Waals surface area contributed by atoms with Crippen molar-refractivity contribution in [1.29, 1.82) is 5.26 Å². The molecule has 0 aliphatic heterocycles. The van der Waals surface area contributed by atoms with E-state index < -0.39 is 21.8 Å². The molecule has 126 valence electrons. The van der Waals surface area contributed by atoms with E-state index in [1.165, 1.54) is 6.07 Å². The third-order valence-corrected chi connectivity index (χ3v) is 6.69. The summed E-state index contributed by atoms with van der Waals surface area (Å²) in [4.78, 5) is 4.52. The van der Waals surface area contributed by atoms with Gasteiger partial charge in [0.05, 0.1) is 32.4 Å². The predicted molar refractivity (Wildman–Crippen MR) is 98.4 cm³/mol. The minimum absolute atomic E-state index is 0.273. The van der Waals surface area contributed by atoms with Gasteiger partial charge in [-0.3, -0.25) is 4.21 Å². The first-order valence-corrected chi connectivity index (χ1v) is 10.3. The lowest BCUT2D eigenvalue weighted by atomic mass is 10.2. The number of aromatic nitrogens is 1. The molecule has 1 heterocycles. The van der Waals surface area contributed by atoms with Gasteiger partial charge < -0.3 is 0 Å². The van der Waals surface area contributed by atoms with Gasteiger partial charge in [-0.05, 0) is 46.3 Å². The van der Waals surface area contributed by atoms with Gasteiger partial charge in [0.2, 0.25) is 0 Å². The van der Waals surface area contributed by atoms with E-state index in [1.807, 2.05) is 6.07 Å². The van der Waals surface area contributed by atoms with Crippen LogP contribution in [0.2, 0.25) is 5.02 Å². The molecule has 0 saturated heterocycles. The van der Waals surface area contributed by atoms with Gasteiger partial charge in [-0.15, -0.1) is 0 Å².